The molecule has 0 radical (unpaired) electrons. The van der Waals surface area contributed by atoms with E-state index in [0.29, 0.717) is 6.04 Å². The Morgan fingerprint density at radius 1 is 1.37 bits per heavy atom. The fourth-order valence-corrected chi connectivity index (χ4v) is 4.18. The molecular formula is C15H21N3S. The Kier molecular flexibility index (Phi) is 3.99. The van der Waals surface area contributed by atoms with Gasteiger partial charge in [-0.1, -0.05) is 6.42 Å². The fraction of sp³-hybridized carbons (Fsp3) is 0.533. The summed E-state index contributed by atoms with van der Waals surface area (Å²) in [6, 6.07) is 2.80. The SMILES string of the molecule is CNC(Cc1ncc[nH]1)c1cc2c(s1)CCCCC2. The smallest absolute Gasteiger partial charge is 0.107 e. The van der Waals surface area contributed by atoms with Gasteiger partial charge >= 0.3 is 0 Å². The monoisotopic (exact) mass is 275 g/mol. The highest BCUT2D eigenvalue weighted by atomic mass is 32.1. The minimum Gasteiger partial charge on any atom is -0.349 e. The predicted octanol–water partition coefficient (Wildman–Crippen LogP) is 3.24. The third-order valence-electron chi connectivity index (χ3n) is 3.91. The fourth-order valence-electron chi connectivity index (χ4n) is 2.81. The van der Waals surface area contributed by atoms with Gasteiger partial charge in [-0.25, -0.2) is 4.98 Å². The van der Waals surface area contributed by atoms with E-state index in [1.165, 1.54) is 37.0 Å². The molecule has 0 fully saturated rings. The maximum Gasteiger partial charge on any atom is 0.107 e. The van der Waals surface area contributed by atoms with Crippen LogP contribution in [0.25, 0.3) is 0 Å². The largest absolute Gasteiger partial charge is 0.349 e. The van der Waals surface area contributed by atoms with E-state index < -0.39 is 0 Å². The lowest BCUT2D eigenvalue weighted by atomic mass is 10.1. The topological polar surface area (TPSA) is 40.7 Å². The number of aromatic amines is 1. The number of imidazole rings is 1. The van der Waals surface area contributed by atoms with Gasteiger partial charge in [0.25, 0.3) is 0 Å². The van der Waals surface area contributed by atoms with E-state index in [2.05, 4.69) is 21.4 Å². The van der Waals surface area contributed by atoms with Gasteiger partial charge in [0.1, 0.15) is 5.82 Å². The standard InChI is InChI=1S/C15H21N3S/c1-16-12(10-15-17-7-8-18-15)14-9-11-5-3-2-4-6-13(11)19-14/h7-9,12,16H,2-6,10H2,1H3,(H,17,18). The third-order valence-corrected chi connectivity index (χ3v) is 5.26. The first-order valence-corrected chi connectivity index (χ1v) is 7.95. The number of fused-ring (bicyclic) bond motifs is 1. The van der Waals surface area contributed by atoms with Crippen molar-refractivity contribution in [2.45, 2.75) is 44.6 Å². The van der Waals surface area contributed by atoms with E-state index in [0.717, 1.165) is 12.2 Å². The third kappa shape index (κ3) is 2.90. The van der Waals surface area contributed by atoms with Gasteiger partial charge in [-0.2, -0.15) is 0 Å². The summed E-state index contributed by atoms with van der Waals surface area (Å²) in [7, 11) is 2.04. The van der Waals surface area contributed by atoms with E-state index in [-0.39, 0.29) is 0 Å². The molecule has 2 aromatic rings. The normalized spacial score (nSPS) is 16.9. The Morgan fingerprint density at radius 3 is 3.05 bits per heavy atom. The van der Waals surface area contributed by atoms with Gasteiger partial charge in [0.05, 0.1) is 0 Å². The van der Waals surface area contributed by atoms with Gasteiger partial charge in [0.2, 0.25) is 0 Å². The van der Waals surface area contributed by atoms with E-state index in [4.69, 9.17) is 0 Å². The number of likely N-dealkylation sites (N-methyl/N-ethyl adjacent to an activating group) is 1. The number of hydrogen-bond donors (Lipinski definition) is 2. The average molecular weight is 275 g/mol. The van der Waals surface area contributed by atoms with E-state index in [9.17, 15) is 0 Å². The molecule has 19 heavy (non-hydrogen) atoms. The van der Waals surface area contributed by atoms with E-state index >= 15 is 0 Å². The van der Waals surface area contributed by atoms with Gasteiger partial charge < -0.3 is 10.3 Å². The van der Waals surface area contributed by atoms with Crippen molar-refractivity contribution in [3.05, 3.63) is 39.6 Å². The summed E-state index contributed by atoms with van der Waals surface area (Å²) in [5.41, 5.74) is 1.59. The first-order chi connectivity index (χ1) is 9.36. The maximum atomic E-state index is 4.34. The molecule has 0 saturated heterocycles. The zero-order valence-electron chi connectivity index (χ0n) is 11.4. The van der Waals surface area contributed by atoms with Crippen molar-refractivity contribution < 1.29 is 0 Å². The average Bonchev–Trinajstić information content (AvgIpc) is 3.02. The van der Waals surface area contributed by atoms with Crippen LogP contribution in [0.2, 0.25) is 0 Å². The highest BCUT2D eigenvalue weighted by Gasteiger charge is 2.18. The summed E-state index contributed by atoms with van der Waals surface area (Å²) in [6.45, 7) is 0. The summed E-state index contributed by atoms with van der Waals surface area (Å²) in [5, 5.41) is 3.43. The molecule has 1 aliphatic rings. The van der Waals surface area contributed by atoms with Crippen molar-refractivity contribution >= 4 is 11.3 Å². The molecule has 0 aliphatic heterocycles. The van der Waals surface area contributed by atoms with E-state index in [1.54, 1.807) is 10.4 Å². The van der Waals surface area contributed by atoms with Crippen LogP contribution in [0.3, 0.4) is 0 Å². The molecule has 2 aromatic heterocycles. The van der Waals surface area contributed by atoms with Crippen LogP contribution in [-0.2, 0) is 19.3 Å². The molecule has 0 saturated carbocycles. The minimum atomic E-state index is 0.378. The summed E-state index contributed by atoms with van der Waals surface area (Å²) in [5.74, 6) is 1.06. The molecule has 1 aliphatic carbocycles. The Labute approximate surface area is 118 Å². The number of nitrogens with one attached hydrogen (secondary N) is 2. The number of aryl methyl sites for hydroxylation is 2. The summed E-state index contributed by atoms with van der Waals surface area (Å²) >= 11 is 2.00. The first kappa shape index (κ1) is 12.9. The van der Waals surface area contributed by atoms with Crippen LogP contribution < -0.4 is 5.32 Å². The van der Waals surface area contributed by atoms with Crippen molar-refractivity contribution in [1.82, 2.24) is 15.3 Å². The number of thiophene rings is 1. The highest BCUT2D eigenvalue weighted by molar-refractivity contribution is 7.12. The molecular weight excluding hydrogens is 254 g/mol. The van der Waals surface area contributed by atoms with Gasteiger partial charge in [0, 0.05) is 34.6 Å². The summed E-state index contributed by atoms with van der Waals surface area (Å²) in [4.78, 5) is 10.6. The van der Waals surface area contributed by atoms with Gasteiger partial charge in [-0.3, -0.25) is 0 Å². The Morgan fingerprint density at radius 2 is 2.26 bits per heavy atom. The van der Waals surface area contributed by atoms with Crippen molar-refractivity contribution in [2.24, 2.45) is 0 Å². The molecule has 0 bridgehead atoms. The molecule has 2 N–H and O–H groups in total. The Hall–Kier alpha value is -1.13. The second-order valence-corrected chi connectivity index (χ2v) is 6.41. The van der Waals surface area contributed by atoms with Crippen LogP contribution >= 0.6 is 11.3 Å². The molecule has 0 spiro atoms. The summed E-state index contributed by atoms with van der Waals surface area (Å²) < 4.78 is 0. The number of aromatic nitrogens is 2. The molecule has 1 atom stereocenters. The van der Waals surface area contributed by atoms with Crippen molar-refractivity contribution in [3.8, 4) is 0 Å². The molecule has 2 heterocycles. The molecule has 3 nitrogen and oxygen atoms in total. The minimum absolute atomic E-state index is 0.378. The summed E-state index contributed by atoms with van der Waals surface area (Å²) in [6.07, 6.45) is 11.3. The van der Waals surface area contributed by atoms with Crippen LogP contribution in [0, 0.1) is 0 Å². The lowest BCUT2D eigenvalue weighted by Gasteiger charge is -2.12. The number of nitrogens with zero attached hydrogens (tertiary/aromatic N) is 1. The molecule has 3 rings (SSSR count). The maximum absolute atomic E-state index is 4.34. The highest BCUT2D eigenvalue weighted by Crippen LogP contribution is 2.33. The van der Waals surface area contributed by atoms with Crippen LogP contribution in [-0.4, -0.2) is 17.0 Å². The van der Waals surface area contributed by atoms with E-state index in [1.807, 2.05) is 30.8 Å². The number of rotatable bonds is 4. The second kappa shape index (κ2) is 5.88. The lowest BCUT2D eigenvalue weighted by Crippen LogP contribution is -2.18. The molecule has 1 unspecified atom stereocenters. The van der Waals surface area contributed by atoms with Gasteiger partial charge in [0.15, 0.2) is 0 Å². The van der Waals surface area contributed by atoms with Gasteiger partial charge in [-0.05, 0) is 44.4 Å². The quantitative estimate of drug-likeness (QED) is 0.841. The molecule has 0 amide bonds. The van der Waals surface area contributed by atoms with Crippen LogP contribution in [0.5, 0.6) is 0 Å². The Bertz CT molecular complexity index is 492. The van der Waals surface area contributed by atoms with Crippen molar-refractivity contribution in [1.29, 1.82) is 0 Å². The number of hydrogen-bond acceptors (Lipinski definition) is 3. The first-order valence-electron chi connectivity index (χ1n) is 7.14. The zero-order chi connectivity index (χ0) is 13.1. The molecule has 102 valence electrons. The van der Waals surface area contributed by atoms with Crippen molar-refractivity contribution in [3.63, 3.8) is 0 Å². The van der Waals surface area contributed by atoms with Gasteiger partial charge in [-0.15, -0.1) is 11.3 Å². The molecule has 4 heteroatoms. The van der Waals surface area contributed by atoms with Crippen LogP contribution in [0.1, 0.15) is 46.4 Å². The Balaban J connectivity index is 1.79. The van der Waals surface area contributed by atoms with Crippen molar-refractivity contribution in [2.75, 3.05) is 7.05 Å². The zero-order valence-corrected chi connectivity index (χ0v) is 12.2. The molecule has 0 aromatic carbocycles. The second-order valence-electron chi connectivity index (χ2n) is 5.24. The van der Waals surface area contributed by atoms with Crippen LogP contribution in [0.15, 0.2) is 18.5 Å². The lowest BCUT2D eigenvalue weighted by molar-refractivity contribution is 0.587. The number of H-pyrrole nitrogens is 1. The van der Waals surface area contributed by atoms with Crippen LogP contribution in [0.4, 0.5) is 0 Å². The predicted molar refractivity (Wildman–Crippen MR) is 79.7 cm³/mol.